The fourth-order valence-electron chi connectivity index (χ4n) is 1.37. The Morgan fingerprint density at radius 1 is 1.41 bits per heavy atom. The van der Waals surface area contributed by atoms with Crippen LogP contribution >= 0.6 is 11.8 Å². The van der Waals surface area contributed by atoms with Crippen LogP contribution in [-0.4, -0.2) is 35.2 Å². The van der Waals surface area contributed by atoms with E-state index >= 15 is 0 Å². The van der Waals surface area contributed by atoms with Gasteiger partial charge in [-0.25, -0.2) is 0 Å². The van der Waals surface area contributed by atoms with Crippen LogP contribution < -0.4 is 5.32 Å². The van der Waals surface area contributed by atoms with E-state index in [0.29, 0.717) is 11.3 Å². The Hall–Kier alpha value is -1.22. The van der Waals surface area contributed by atoms with E-state index in [-0.39, 0.29) is 13.2 Å². The quantitative estimate of drug-likeness (QED) is 0.691. The van der Waals surface area contributed by atoms with Crippen LogP contribution in [0.2, 0.25) is 0 Å². The Kier molecular flexibility index (Phi) is 4.82. The highest BCUT2D eigenvalue weighted by molar-refractivity contribution is 7.98. The largest absolute Gasteiger partial charge is 0.394 e. The van der Waals surface area contributed by atoms with E-state index in [1.165, 1.54) is 11.8 Å². The van der Waals surface area contributed by atoms with Crippen LogP contribution in [0.4, 0.5) is 5.69 Å². The lowest BCUT2D eigenvalue weighted by Crippen LogP contribution is -2.42. The molecule has 17 heavy (non-hydrogen) atoms. The fraction of sp³-hybridized carbons (Fsp3) is 0.417. The van der Waals surface area contributed by atoms with Gasteiger partial charge in [0, 0.05) is 4.90 Å². The van der Waals surface area contributed by atoms with E-state index in [4.69, 9.17) is 5.26 Å². The predicted molar refractivity (Wildman–Crippen MR) is 69.1 cm³/mol. The average molecular weight is 252 g/mol. The molecule has 1 aromatic rings. The number of hydrogen-bond acceptors (Lipinski definition) is 5. The second-order valence-corrected chi connectivity index (χ2v) is 4.84. The number of anilines is 1. The molecule has 0 aliphatic rings. The molecule has 0 aliphatic heterocycles. The lowest BCUT2D eigenvalue weighted by Gasteiger charge is -2.28. The number of thioether (sulfide) groups is 1. The molecule has 4 nitrogen and oxygen atoms in total. The highest BCUT2D eigenvalue weighted by Gasteiger charge is 2.23. The third kappa shape index (κ3) is 3.13. The zero-order chi connectivity index (χ0) is 12.9. The van der Waals surface area contributed by atoms with Crippen molar-refractivity contribution in [2.45, 2.75) is 17.4 Å². The molecular weight excluding hydrogens is 236 g/mol. The van der Waals surface area contributed by atoms with Gasteiger partial charge in [-0.1, -0.05) is 6.07 Å². The minimum absolute atomic E-state index is 0.210. The van der Waals surface area contributed by atoms with Crippen LogP contribution in [0.5, 0.6) is 0 Å². The summed E-state index contributed by atoms with van der Waals surface area (Å²) in [5.41, 5.74) is 0.334. The Morgan fingerprint density at radius 2 is 2.06 bits per heavy atom. The van der Waals surface area contributed by atoms with Gasteiger partial charge in [-0.05, 0) is 25.3 Å². The Labute approximate surface area is 105 Å². The van der Waals surface area contributed by atoms with Crippen molar-refractivity contribution >= 4 is 17.4 Å². The van der Waals surface area contributed by atoms with Gasteiger partial charge in [0.15, 0.2) is 0 Å². The van der Waals surface area contributed by atoms with E-state index in [1.807, 2.05) is 18.4 Å². The lowest BCUT2D eigenvalue weighted by atomic mass is 10.0. The first-order chi connectivity index (χ1) is 8.10. The zero-order valence-electron chi connectivity index (χ0n) is 9.90. The van der Waals surface area contributed by atoms with E-state index in [9.17, 15) is 10.2 Å². The Balaban J connectivity index is 3.11. The van der Waals surface area contributed by atoms with Crippen molar-refractivity contribution in [3.05, 3.63) is 23.8 Å². The summed E-state index contributed by atoms with van der Waals surface area (Å²) in [4.78, 5) is 0.871. The van der Waals surface area contributed by atoms with E-state index in [2.05, 4.69) is 11.4 Å². The summed E-state index contributed by atoms with van der Waals surface area (Å²) in [7, 11) is 0. The second kappa shape index (κ2) is 5.92. The molecule has 0 fully saturated rings. The minimum Gasteiger partial charge on any atom is -0.394 e. The molecule has 0 saturated carbocycles. The molecule has 0 spiro atoms. The van der Waals surface area contributed by atoms with Crippen molar-refractivity contribution in [3.63, 3.8) is 0 Å². The molecule has 0 heterocycles. The standard InChI is InChI=1S/C12H16N2O2S/c1-12(7-15,8-16)14-10-4-3-5-11(17-2)9(10)6-13/h3-5,14-16H,7-8H2,1-2H3. The molecular formula is C12H16N2O2S. The van der Waals surface area contributed by atoms with Crippen LogP contribution in [-0.2, 0) is 0 Å². The summed E-state index contributed by atoms with van der Waals surface area (Å²) in [5, 5.41) is 30.6. The topological polar surface area (TPSA) is 76.3 Å². The highest BCUT2D eigenvalue weighted by atomic mass is 32.2. The number of benzene rings is 1. The molecule has 1 rings (SSSR count). The summed E-state index contributed by atoms with van der Waals surface area (Å²) in [6, 6.07) is 7.61. The van der Waals surface area contributed by atoms with Gasteiger partial charge in [-0.3, -0.25) is 0 Å². The highest BCUT2D eigenvalue weighted by Crippen LogP contribution is 2.28. The van der Waals surface area contributed by atoms with Crippen LogP contribution in [0.3, 0.4) is 0 Å². The van der Waals surface area contributed by atoms with Crippen molar-refractivity contribution < 1.29 is 10.2 Å². The summed E-state index contributed by atoms with van der Waals surface area (Å²) in [6.45, 7) is 1.27. The molecule has 0 aliphatic carbocycles. The van der Waals surface area contributed by atoms with Gasteiger partial charge in [0.2, 0.25) is 0 Å². The molecule has 0 amide bonds. The van der Waals surface area contributed by atoms with Crippen molar-refractivity contribution in [1.29, 1.82) is 5.26 Å². The average Bonchev–Trinajstić information content (AvgIpc) is 2.38. The molecule has 0 aromatic heterocycles. The summed E-state index contributed by atoms with van der Waals surface area (Å²) in [6.07, 6.45) is 1.90. The SMILES string of the molecule is CSc1cccc(NC(C)(CO)CO)c1C#N. The first-order valence-corrected chi connectivity index (χ1v) is 6.39. The Morgan fingerprint density at radius 3 is 2.53 bits per heavy atom. The molecule has 1 aromatic carbocycles. The monoisotopic (exact) mass is 252 g/mol. The smallest absolute Gasteiger partial charge is 0.102 e. The van der Waals surface area contributed by atoms with Gasteiger partial charge in [-0.15, -0.1) is 11.8 Å². The normalized spacial score (nSPS) is 11.0. The lowest BCUT2D eigenvalue weighted by molar-refractivity contribution is 0.147. The number of rotatable bonds is 5. The maximum Gasteiger partial charge on any atom is 0.102 e. The van der Waals surface area contributed by atoms with Crippen molar-refractivity contribution in [3.8, 4) is 6.07 Å². The first-order valence-electron chi connectivity index (χ1n) is 5.17. The molecule has 92 valence electrons. The number of aliphatic hydroxyl groups is 2. The van der Waals surface area contributed by atoms with Gasteiger partial charge in [0.25, 0.3) is 0 Å². The number of aliphatic hydroxyl groups excluding tert-OH is 2. The van der Waals surface area contributed by atoms with Crippen molar-refractivity contribution in [1.82, 2.24) is 0 Å². The molecule has 0 saturated heterocycles. The van der Waals surface area contributed by atoms with E-state index < -0.39 is 5.54 Å². The maximum absolute atomic E-state index is 9.23. The number of hydrogen-bond donors (Lipinski definition) is 3. The fourth-order valence-corrected chi connectivity index (χ4v) is 1.95. The summed E-state index contributed by atoms with van der Waals surface area (Å²) in [5.74, 6) is 0. The molecule has 5 heteroatoms. The second-order valence-electron chi connectivity index (χ2n) is 4.00. The Bertz CT molecular complexity index is 425. The number of nitrogens with one attached hydrogen (secondary N) is 1. The zero-order valence-corrected chi connectivity index (χ0v) is 10.7. The summed E-state index contributed by atoms with van der Waals surface area (Å²) >= 11 is 1.49. The van der Waals surface area contributed by atoms with Crippen molar-refractivity contribution in [2.75, 3.05) is 24.8 Å². The van der Waals surface area contributed by atoms with Crippen LogP contribution in [0, 0.1) is 11.3 Å². The molecule has 0 radical (unpaired) electrons. The molecule has 3 N–H and O–H groups in total. The molecule has 0 atom stereocenters. The third-order valence-electron chi connectivity index (χ3n) is 2.49. The van der Waals surface area contributed by atoms with Crippen LogP contribution in [0.1, 0.15) is 12.5 Å². The predicted octanol–water partition coefficient (Wildman–Crippen LogP) is 1.44. The van der Waals surface area contributed by atoms with Gasteiger partial charge < -0.3 is 15.5 Å². The van der Waals surface area contributed by atoms with Gasteiger partial charge in [0.05, 0.1) is 30.0 Å². The number of nitriles is 1. The first kappa shape index (κ1) is 13.8. The number of nitrogens with zero attached hydrogens (tertiary/aromatic N) is 1. The van der Waals surface area contributed by atoms with Crippen LogP contribution in [0.15, 0.2) is 23.1 Å². The molecule has 0 bridgehead atoms. The summed E-state index contributed by atoms with van der Waals surface area (Å²) < 4.78 is 0. The van der Waals surface area contributed by atoms with Crippen LogP contribution in [0.25, 0.3) is 0 Å². The third-order valence-corrected chi connectivity index (χ3v) is 3.27. The van der Waals surface area contributed by atoms with E-state index in [0.717, 1.165) is 4.90 Å². The van der Waals surface area contributed by atoms with Gasteiger partial charge in [-0.2, -0.15) is 5.26 Å². The molecule has 0 unspecified atom stereocenters. The van der Waals surface area contributed by atoms with Crippen molar-refractivity contribution in [2.24, 2.45) is 0 Å². The minimum atomic E-state index is -0.831. The maximum atomic E-state index is 9.23. The van der Waals surface area contributed by atoms with Gasteiger partial charge >= 0.3 is 0 Å². The van der Waals surface area contributed by atoms with Gasteiger partial charge in [0.1, 0.15) is 6.07 Å². The van der Waals surface area contributed by atoms with E-state index in [1.54, 1.807) is 13.0 Å².